The largest absolute Gasteiger partial charge is 0.368 e. The van der Waals surface area contributed by atoms with Crippen LogP contribution in [-0.4, -0.2) is 31.1 Å². The lowest BCUT2D eigenvalue weighted by atomic mass is 10.0. The zero-order valence-electron chi connectivity index (χ0n) is 14.1. The van der Waals surface area contributed by atoms with E-state index in [0.29, 0.717) is 22.2 Å². The molecular formula is C20H19ClN4. The Kier molecular flexibility index (Phi) is 5.24. The zero-order chi connectivity index (χ0) is 17.8. The van der Waals surface area contributed by atoms with Gasteiger partial charge in [0.1, 0.15) is 0 Å². The molecule has 1 aliphatic rings. The Morgan fingerprint density at radius 3 is 2.08 bits per heavy atom. The highest BCUT2D eigenvalue weighted by atomic mass is 35.5. The fraction of sp³-hybridized carbons (Fsp3) is 0.300. The van der Waals surface area contributed by atoms with Crippen molar-refractivity contribution in [2.75, 3.05) is 31.1 Å². The summed E-state index contributed by atoms with van der Waals surface area (Å²) in [4.78, 5) is 4.71. The highest BCUT2D eigenvalue weighted by Crippen LogP contribution is 2.29. The maximum atomic E-state index is 8.95. The van der Waals surface area contributed by atoms with Crippen molar-refractivity contribution in [3.63, 3.8) is 0 Å². The van der Waals surface area contributed by atoms with Crippen LogP contribution >= 0.6 is 11.6 Å². The van der Waals surface area contributed by atoms with E-state index in [0.717, 1.165) is 31.9 Å². The molecule has 2 aromatic rings. The number of nitriles is 2. The van der Waals surface area contributed by atoms with Gasteiger partial charge in [-0.15, -0.1) is 0 Å². The standard InChI is InChI=1S/C20H19ClN4/c1-15(18-5-2-16(13-22)3-6-18)24-8-10-25(11-9-24)20-7-4-17(14-23)12-19(20)21/h2-7,12,15H,8-11H2,1H3. The average molecular weight is 351 g/mol. The third-order valence-corrected chi connectivity index (χ3v) is 5.10. The number of hydrogen-bond acceptors (Lipinski definition) is 4. The van der Waals surface area contributed by atoms with E-state index in [1.807, 2.05) is 36.4 Å². The van der Waals surface area contributed by atoms with Crippen molar-refractivity contribution >= 4 is 17.3 Å². The van der Waals surface area contributed by atoms with Crippen LogP contribution in [0.4, 0.5) is 5.69 Å². The Hall–Kier alpha value is -2.53. The molecule has 0 spiro atoms. The van der Waals surface area contributed by atoms with Crippen molar-refractivity contribution in [1.82, 2.24) is 4.90 Å². The first-order valence-electron chi connectivity index (χ1n) is 8.31. The molecule has 0 saturated carbocycles. The molecule has 1 aliphatic heterocycles. The van der Waals surface area contributed by atoms with Crippen LogP contribution in [0.2, 0.25) is 5.02 Å². The van der Waals surface area contributed by atoms with Crippen LogP contribution in [0.25, 0.3) is 0 Å². The molecule has 1 fully saturated rings. The van der Waals surface area contributed by atoms with Crippen molar-refractivity contribution in [2.45, 2.75) is 13.0 Å². The van der Waals surface area contributed by atoms with Crippen LogP contribution in [0.5, 0.6) is 0 Å². The lowest BCUT2D eigenvalue weighted by molar-refractivity contribution is 0.198. The summed E-state index contributed by atoms with van der Waals surface area (Å²) in [5.74, 6) is 0. The summed E-state index contributed by atoms with van der Waals surface area (Å²) in [6.45, 7) is 5.87. The number of benzene rings is 2. The van der Waals surface area contributed by atoms with Crippen LogP contribution in [0, 0.1) is 22.7 Å². The van der Waals surface area contributed by atoms with Gasteiger partial charge in [0.05, 0.1) is 34.0 Å². The maximum absolute atomic E-state index is 8.95. The van der Waals surface area contributed by atoms with Crippen LogP contribution in [0.15, 0.2) is 42.5 Å². The molecule has 1 atom stereocenters. The summed E-state index contributed by atoms with van der Waals surface area (Å²) >= 11 is 6.33. The third kappa shape index (κ3) is 3.77. The first kappa shape index (κ1) is 17.3. The van der Waals surface area contributed by atoms with E-state index in [2.05, 4.69) is 28.9 Å². The predicted molar refractivity (Wildman–Crippen MR) is 99.5 cm³/mol. The SMILES string of the molecule is CC(c1ccc(C#N)cc1)N1CCN(c2ccc(C#N)cc2Cl)CC1. The number of rotatable bonds is 3. The lowest BCUT2D eigenvalue weighted by Crippen LogP contribution is -2.47. The van der Waals surface area contributed by atoms with E-state index in [1.54, 1.807) is 6.07 Å². The van der Waals surface area contributed by atoms with Gasteiger partial charge in [0.25, 0.3) is 0 Å². The Balaban J connectivity index is 1.65. The quantitative estimate of drug-likeness (QED) is 0.840. The van der Waals surface area contributed by atoms with Gasteiger partial charge in [-0.05, 0) is 42.8 Å². The van der Waals surface area contributed by atoms with E-state index in [4.69, 9.17) is 22.1 Å². The topological polar surface area (TPSA) is 54.1 Å². The summed E-state index contributed by atoms with van der Waals surface area (Å²) in [5, 5.41) is 18.5. The van der Waals surface area contributed by atoms with Crippen molar-refractivity contribution in [1.29, 1.82) is 10.5 Å². The highest BCUT2D eigenvalue weighted by molar-refractivity contribution is 6.33. The van der Waals surface area contributed by atoms with E-state index < -0.39 is 0 Å². The molecule has 2 aromatic carbocycles. The Morgan fingerprint density at radius 1 is 0.920 bits per heavy atom. The molecule has 4 nitrogen and oxygen atoms in total. The van der Waals surface area contributed by atoms with Crippen molar-refractivity contribution in [2.24, 2.45) is 0 Å². The minimum Gasteiger partial charge on any atom is -0.368 e. The molecule has 1 heterocycles. The molecule has 3 rings (SSSR count). The Morgan fingerprint density at radius 2 is 1.52 bits per heavy atom. The molecular weight excluding hydrogens is 332 g/mol. The summed E-state index contributed by atoms with van der Waals surface area (Å²) in [5.41, 5.74) is 3.49. The minimum atomic E-state index is 0.311. The Bertz CT molecular complexity index is 824. The molecule has 0 radical (unpaired) electrons. The Labute approximate surface area is 153 Å². The van der Waals surface area contributed by atoms with Gasteiger partial charge < -0.3 is 4.90 Å². The van der Waals surface area contributed by atoms with E-state index in [9.17, 15) is 0 Å². The maximum Gasteiger partial charge on any atom is 0.0992 e. The van der Waals surface area contributed by atoms with Crippen LogP contribution in [0.1, 0.15) is 29.7 Å². The molecule has 1 saturated heterocycles. The average Bonchev–Trinajstić information content (AvgIpc) is 2.67. The molecule has 25 heavy (non-hydrogen) atoms. The number of anilines is 1. The van der Waals surface area contributed by atoms with Gasteiger partial charge in [0.15, 0.2) is 0 Å². The normalized spacial score (nSPS) is 16.1. The van der Waals surface area contributed by atoms with Crippen molar-refractivity contribution < 1.29 is 0 Å². The van der Waals surface area contributed by atoms with E-state index >= 15 is 0 Å². The molecule has 0 N–H and O–H groups in total. The number of nitrogens with zero attached hydrogens (tertiary/aromatic N) is 4. The van der Waals surface area contributed by atoms with Gasteiger partial charge in [-0.3, -0.25) is 4.90 Å². The van der Waals surface area contributed by atoms with E-state index in [1.165, 1.54) is 5.56 Å². The third-order valence-electron chi connectivity index (χ3n) is 4.80. The highest BCUT2D eigenvalue weighted by Gasteiger charge is 2.23. The molecule has 0 aromatic heterocycles. The van der Waals surface area contributed by atoms with E-state index in [-0.39, 0.29) is 0 Å². The monoisotopic (exact) mass is 350 g/mol. The fourth-order valence-corrected chi connectivity index (χ4v) is 3.53. The second-order valence-electron chi connectivity index (χ2n) is 6.21. The molecule has 126 valence electrons. The second-order valence-corrected chi connectivity index (χ2v) is 6.62. The number of halogens is 1. The first-order chi connectivity index (χ1) is 12.1. The minimum absolute atomic E-state index is 0.311. The summed E-state index contributed by atoms with van der Waals surface area (Å²) in [6.07, 6.45) is 0. The first-order valence-corrected chi connectivity index (χ1v) is 8.69. The molecule has 1 unspecified atom stereocenters. The molecule has 0 bridgehead atoms. The van der Waals surface area contributed by atoms with Crippen LogP contribution in [0.3, 0.4) is 0 Å². The molecule has 5 heteroatoms. The smallest absolute Gasteiger partial charge is 0.0992 e. The van der Waals surface area contributed by atoms with Crippen molar-refractivity contribution in [3.05, 3.63) is 64.2 Å². The van der Waals surface area contributed by atoms with Gasteiger partial charge in [-0.25, -0.2) is 0 Å². The zero-order valence-corrected chi connectivity index (χ0v) is 14.9. The summed E-state index contributed by atoms with van der Waals surface area (Å²) in [6, 6.07) is 17.9. The van der Waals surface area contributed by atoms with Crippen LogP contribution < -0.4 is 4.90 Å². The fourth-order valence-electron chi connectivity index (χ4n) is 3.23. The number of hydrogen-bond donors (Lipinski definition) is 0. The van der Waals surface area contributed by atoms with Crippen LogP contribution in [-0.2, 0) is 0 Å². The second kappa shape index (κ2) is 7.57. The molecule has 0 aliphatic carbocycles. The van der Waals surface area contributed by atoms with Gasteiger partial charge in [-0.2, -0.15) is 10.5 Å². The van der Waals surface area contributed by atoms with Gasteiger partial charge >= 0.3 is 0 Å². The molecule has 0 amide bonds. The number of piperazine rings is 1. The van der Waals surface area contributed by atoms with Gasteiger partial charge in [0.2, 0.25) is 0 Å². The van der Waals surface area contributed by atoms with Gasteiger partial charge in [0, 0.05) is 32.2 Å². The predicted octanol–water partition coefficient (Wildman–Crippen LogP) is 3.97. The lowest BCUT2D eigenvalue weighted by Gasteiger charge is -2.39. The van der Waals surface area contributed by atoms with Gasteiger partial charge in [-0.1, -0.05) is 23.7 Å². The summed E-state index contributed by atoms with van der Waals surface area (Å²) in [7, 11) is 0. The van der Waals surface area contributed by atoms with Crippen molar-refractivity contribution in [3.8, 4) is 12.1 Å². The summed E-state index contributed by atoms with van der Waals surface area (Å²) < 4.78 is 0.